The number of fused-ring (bicyclic) bond motifs is 2. The molecule has 1 aliphatic rings. The molecule has 3 aromatic rings. The molecular weight excluding hydrogens is 266 g/mol. The van der Waals surface area contributed by atoms with Crippen LogP contribution < -0.4 is 14.8 Å². The molecule has 0 bridgehead atoms. The minimum absolute atomic E-state index is 0.311. The lowest BCUT2D eigenvalue weighted by Gasteiger charge is -2.04. The minimum atomic E-state index is 0.311. The summed E-state index contributed by atoms with van der Waals surface area (Å²) in [6, 6.07) is 16.1. The topological polar surface area (TPSA) is 43.6 Å². The summed E-state index contributed by atoms with van der Waals surface area (Å²) in [6.45, 7) is 1.77. The molecule has 1 aliphatic heterocycles. The highest BCUT2D eigenvalue weighted by molar-refractivity contribution is 5.77. The largest absolute Gasteiger partial charge is 0.460 e. The minimum Gasteiger partial charge on any atom is -0.460 e. The number of hydrogen-bond acceptors (Lipinski definition) is 4. The van der Waals surface area contributed by atoms with E-state index in [9.17, 15) is 0 Å². The summed E-state index contributed by atoms with van der Waals surface area (Å²) in [5.74, 6) is 2.58. The Kier molecular flexibility index (Phi) is 3.01. The van der Waals surface area contributed by atoms with E-state index in [1.54, 1.807) is 0 Å². The van der Waals surface area contributed by atoms with Gasteiger partial charge in [0.1, 0.15) is 11.3 Å². The van der Waals surface area contributed by atoms with Gasteiger partial charge in [-0.05, 0) is 29.8 Å². The number of para-hydroxylation sites is 1. The average Bonchev–Trinajstić information content (AvgIpc) is 3.12. The maximum Gasteiger partial charge on any atom is 0.231 e. The van der Waals surface area contributed by atoms with Crippen molar-refractivity contribution in [3.8, 4) is 11.5 Å². The van der Waals surface area contributed by atoms with Crippen LogP contribution in [0.2, 0.25) is 0 Å². The van der Waals surface area contributed by atoms with Crippen LogP contribution in [0.25, 0.3) is 11.0 Å². The zero-order valence-corrected chi connectivity index (χ0v) is 11.5. The van der Waals surface area contributed by atoms with Crippen LogP contribution in [0, 0.1) is 0 Å². The fraction of sp³-hybridized carbons (Fsp3) is 0.176. The normalized spacial score (nSPS) is 13.0. The molecule has 0 fully saturated rings. The van der Waals surface area contributed by atoms with E-state index in [0.29, 0.717) is 13.3 Å². The second kappa shape index (κ2) is 5.14. The van der Waals surface area contributed by atoms with Gasteiger partial charge in [-0.1, -0.05) is 24.3 Å². The molecule has 0 saturated heterocycles. The summed E-state index contributed by atoms with van der Waals surface area (Å²) in [5.41, 5.74) is 2.09. The maximum absolute atomic E-state index is 5.77. The second-order valence-electron chi connectivity index (χ2n) is 5.04. The van der Waals surface area contributed by atoms with E-state index >= 15 is 0 Å². The molecule has 0 unspecified atom stereocenters. The number of benzene rings is 2. The first-order valence-electron chi connectivity index (χ1n) is 6.95. The first kappa shape index (κ1) is 12.3. The van der Waals surface area contributed by atoms with E-state index in [1.807, 2.05) is 36.4 Å². The van der Waals surface area contributed by atoms with E-state index in [-0.39, 0.29) is 0 Å². The number of ether oxygens (including phenoxy) is 2. The Morgan fingerprint density at radius 1 is 0.905 bits per heavy atom. The third-order valence-electron chi connectivity index (χ3n) is 3.54. The van der Waals surface area contributed by atoms with Crippen molar-refractivity contribution in [1.29, 1.82) is 0 Å². The summed E-state index contributed by atoms with van der Waals surface area (Å²) in [4.78, 5) is 0. The highest BCUT2D eigenvalue weighted by Crippen LogP contribution is 2.32. The Bertz CT molecular complexity index is 746. The Morgan fingerprint density at radius 2 is 1.81 bits per heavy atom. The smallest absolute Gasteiger partial charge is 0.231 e. The van der Waals surface area contributed by atoms with Gasteiger partial charge in [0.15, 0.2) is 11.5 Å². The molecule has 2 heterocycles. The summed E-state index contributed by atoms with van der Waals surface area (Å²) in [7, 11) is 0. The molecule has 0 amide bonds. The van der Waals surface area contributed by atoms with Crippen LogP contribution in [-0.4, -0.2) is 6.79 Å². The van der Waals surface area contributed by atoms with E-state index < -0.39 is 0 Å². The fourth-order valence-electron chi connectivity index (χ4n) is 2.50. The summed E-state index contributed by atoms with van der Waals surface area (Å²) < 4.78 is 16.5. The number of rotatable bonds is 4. The maximum atomic E-state index is 5.77. The molecule has 2 aromatic carbocycles. The average molecular weight is 281 g/mol. The molecule has 4 nitrogen and oxygen atoms in total. The van der Waals surface area contributed by atoms with Crippen LogP contribution >= 0.6 is 0 Å². The Labute approximate surface area is 122 Å². The van der Waals surface area contributed by atoms with Gasteiger partial charge in [-0.15, -0.1) is 0 Å². The molecule has 1 N–H and O–H groups in total. The van der Waals surface area contributed by atoms with Crippen LogP contribution in [0.3, 0.4) is 0 Å². The Balaban J connectivity index is 1.41. The van der Waals surface area contributed by atoms with Crippen LogP contribution in [-0.2, 0) is 13.1 Å². The van der Waals surface area contributed by atoms with Crippen LogP contribution in [0.1, 0.15) is 11.3 Å². The van der Waals surface area contributed by atoms with E-state index in [0.717, 1.165) is 40.3 Å². The summed E-state index contributed by atoms with van der Waals surface area (Å²) in [6.07, 6.45) is 0. The Hall–Kier alpha value is -2.46. The standard InChI is InChI=1S/C17H15NO3/c1-2-4-15-13(3-1)8-14(21-15)10-18-9-12-5-6-16-17(7-12)20-11-19-16/h1-8,18H,9-11H2. The van der Waals surface area contributed by atoms with Gasteiger partial charge in [0.05, 0.1) is 6.54 Å². The first-order valence-corrected chi connectivity index (χ1v) is 6.95. The predicted molar refractivity (Wildman–Crippen MR) is 79.3 cm³/mol. The van der Waals surface area contributed by atoms with Gasteiger partial charge < -0.3 is 19.2 Å². The van der Waals surface area contributed by atoms with Crippen molar-refractivity contribution in [3.63, 3.8) is 0 Å². The highest BCUT2D eigenvalue weighted by atomic mass is 16.7. The van der Waals surface area contributed by atoms with Gasteiger partial charge in [-0.2, -0.15) is 0 Å². The fourth-order valence-corrected chi connectivity index (χ4v) is 2.50. The SMILES string of the molecule is c1ccc2oc(CNCc3ccc4c(c3)OCO4)cc2c1. The van der Waals surface area contributed by atoms with Crippen LogP contribution in [0.4, 0.5) is 0 Å². The zero-order chi connectivity index (χ0) is 14.1. The van der Waals surface area contributed by atoms with Crippen molar-refractivity contribution in [1.82, 2.24) is 5.32 Å². The van der Waals surface area contributed by atoms with Gasteiger partial charge in [0, 0.05) is 11.9 Å². The molecule has 1 aromatic heterocycles. The van der Waals surface area contributed by atoms with Gasteiger partial charge in [0.2, 0.25) is 6.79 Å². The van der Waals surface area contributed by atoms with Crippen molar-refractivity contribution >= 4 is 11.0 Å². The predicted octanol–water partition coefficient (Wildman–Crippen LogP) is 3.45. The number of furan rings is 1. The summed E-state index contributed by atoms with van der Waals surface area (Å²) in [5, 5.41) is 4.52. The van der Waals surface area contributed by atoms with Crippen molar-refractivity contribution in [2.45, 2.75) is 13.1 Å². The second-order valence-corrected chi connectivity index (χ2v) is 5.04. The quantitative estimate of drug-likeness (QED) is 0.795. The van der Waals surface area contributed by atoms with E-state index in [2.05, 4.69) is 17.4 Å². The molecule has 0 radical (unpaired) electrons. The van der Waals surface area contributed by atoms with Crippen molar-refractivity contribution in [3.05, 3.63) is 59.9 Å². The van der Waals surface area contributed by atoms with Crippen LogP contribution in [0.15, 0.2) is 52.9 Å². The lowest BCUT2D eigenvalue weighted by Crippen LogP contribution is -2.11. The van der Waals surface area contributed by atoms with Gasteiger partial charge in [0.25, 0.3) is 0 Å². The summed E-state index contributed by atoms with van der Waals surface area (Å²) >= 11 is 0. The molecule has 0 saturated carbocycles. The molecule has 0 spiro atoms. The van der Waals surface area contributed by atoms with E-state index in [1.165, 1.54) is 0 Å². The lowest BCUT2D eigenvalue weighted by molar-refractivity contribution is 0.174. The number of nitrogens with one attached hydrogen (secondary N) is 1. The van der Waals surface area contributed by atoms with Crippen molar-refractivity contribution in [2.24, 2.45) is 0 Å². The third-order valence-corrected chi connectivity index (χ3v) is 3.54. The number of hydrogen-bond donors (Lipinski definition) is 1. The van der Waals surface area contributed by atoms with Gasteiger partial charge in [-0.25, -0.2) is 0 Å². The van der Waals surface area contributed by atoms with Gasteiger partial charge >= 0.3 is 0 Å². The highest BCUT2D eigenvalue weighted by Gasteiger charge is 2.12. The molecule has 0 atom stereocenters. The van der Waals surface area contributed by atoms with Crippen molar-refractivity contribution in [2.75, 3.05) is 6.79 Å². The van der Waals surface area contributed by atoms with Crippen molar-refractivity contribution < 1.29 is 13.9 Å². The molecule has 4 rings (SSSR count). The Morgan fingerprint density at radius 3 is 2.76 bits per heavy atom. The lowest BCUT2D eigenvalue weighted by atomic mass is 10.2. The molecule has 0 aliphatic carbocycles. The van der Waals surface area contributed by atoms with Crippen LogP contribution in [0.5, 0.6) is 11.5 Å². The molecule has 106 valence electrons. The van der Waals surface area contributed by atoms with Gasteiger partial charge in [-0.3, -0.25) is 0 Å². The molecule has 4 heteroatoms. The van der Waals surface area contributed by atoms with E-state index in [4.69, 9.17) is 13.9 Å². The molecule has 21 heavy (non-hydrogen) atoms. The zero-order valence-electron chi connectivity index (χ0n) is 11.5. The first-order chi connectivity index (χ1) is 10.4. The monoisotopic (exact) mass is 281 g/mol. The third kappa shape index (κ3) is 2.45. The molecular formula is C17H15NO3.